The monoisotopic (exact) mass is 539 g/mol. The number of nitrogens with one attached hydrogen (secondary N) is 2. The summed E-state index contributed by atoms with van der Waals surface area (Å²) in [4.78, 5) is 36.9. The third kappa shape index (κ3) is 9.42. The van der Waals surface area contributed by atoms with Crippen LogP contribution in [0.2, 0.25) is 0 Å². The van der Waals surface area contributed by atoms with Crippen molar-refractivity contribution in [3.8, 4) is 0 Å². The lowest BCUT2D eigenvalue weighted by Crippen LogP contribution is -2.33. The zero-order valence-corrected chi connectivity index (χ0v) is 22.2. The Morgan fingerprint density at radius 2 is 1.82 bits per heavy atom. The minimum absolute atomic E-state index is 0.0829. The van der Waals surface area contributed by atoms with Gasteiger partial charge in [-0.25, -0.2) is 4.79 Å². The molecular formula is C29H37N3O7. The molecule has 1 heterocycles. The van der Waals surface area contributed by atoms with Gasteiger partial charge in [-0.2, -0.15) is 0 Å². The van der Waals surface area contributed by atoms with Gasteiger partial charge >= 0.3 is 5.97 Å². The number of aliphatic hydroxyl groups is 1. The van der Waals surface area contributed by atoms with Crippen molar-refractivity contribution in [2.75, 3.05) is 37.9 Å². The standard InChI is InChI=1S/C29H37N3O7/c1-37-29(36)21-13-11-20(12-14-21)22-18-25(39-27(19-22)38-17-7-6-16-33)28(35)31-15-5-4-10-26(34)32-24-9-3-2-8-23(24)30/h2-3,8-9,11-14,18,22,27,33H,4-7,10,15-17,19,30H2,1H3,(H,31,35)(H,32,34)/t22-,27+/m1/s1. The molecule has 0 spiro atoms. The average Bonchev–Trinajstić information content (AvgIpc) is 2.95. The predicted octanol–water partition coefficient (Wildman–Crippen LogP) is 3.48. The Kier molecular flexibility index (Phi) is 11.8. The van der Waals surface area contributed by atoms with E-state index >= 15 is 0 Å². The molecule has 39 heavy (non-hydrogen) atoms. The Hall–Kier alpha value is -3.89. The lowest BCUT2D eigenvalue weighted by atomic mass is 9.92. The molecular weight excluding hydrogens is 502 g/mol. The lowest BCUT2D eigenvalue weighted by Gasteiger charge is -2.29. The number of benzene rings is 2. The van der Waals surface area contributed by atoms with Gasteiger partial charge < -0.3 is 35.7 Å². The number of nitrogens with two attached hydrogens (primary N) is 1. The molecule has 3 rings (SSSR count). The van der Waals surface area contributed by atoms with Gasteiger partial charge in [0.25, 0.3) is 5.91 Å². The largest absolute Gasteiger partial charge is 0.465 e. The number of hydrogen-bond donors (Lipinski definition) is 4. The number of rotatable bonds is 14. The summed E-state index contributed by atoms with van der Waals surface area (Å²) in [5.74, 6) is -0.928. The maximum absolute atomic E-state index is 12.9. The second-order valence-corrected chi connectivity index (χ2v) is 9.18. The molecule has 2 aromatic rings. The van der Waals surface area contributed by atoms with Gasteiger partial charge in [0.05, 0.1) is 30.7 Å². The van der Waals surface area contributed by atoms with Crippen LogP contribution in [0.4, 0.5) is 11.4 Å². The Labute approximate surface area is 228 Å². The number of carbonyl (C=O) groups is 3. The van der Waals surface area contributed by atoms with Crippen molar-refractivity contribution < 1.29 is 33.7 Å². The number of amides is 2. The van der Waals surface area contributed by atoms with Crippen molar-refractivity contribution >= 4 is 29.2 Å². The molecule has 1 aliphatic heterocycles. The number of hydrogen-bond acceptors (Lipinski definition) is 8. The average molecular weight is 540 g/mol. The van der Waals surface area contributed by atoms with Crippen molar-refractivity contribution in [1.29, 1.82) is 0 Å². The van der Waals surface area contributed by atoms with E-state index in [1.165, 1.54) is 7.11 Å². The van der Waals surface area contributed by atoms with E-state index in [0.717, 1.165) is 5.56 Å². The molecule has 2 atom stereocenters. The molecule has 210 valence electrons. The summed E-state index contributed by atoms with van der Waals surface area (Å²) >= 11 is 0. The second kappa shape index (κ2) is 15.5. The van der Waals surface area contributed by atoms with Crippen molar-refractivity contribution in [1.82, 2.24) is 5.32 Å². The molecule has 0 fully saturated rings. The zero-order chi connectivity index (χ0) is 28.0. The van der Waals surface area contributed by atoms with Gasteiger partial charge in [0.15, 0.2) is 5.76 Å². The Morgan fingerprint density at radius 1 is 1.05 bits per heavy atom. The highest BCUT2D eigenvalue weighted by Gasteiger charge is 2.28. The SMILES string of the molecule is COC(=O)c1ccc([C@@H]2C=C(C(=O)NCCCCC(=O)Nc3ccccc3N)O[C@H](OCCCCO)C2)cc1. The summed E-state index contributed by atoms with van der Waals surface area (Å²) in [7, 11) is 1.33. The topological polar surface area (TPSA) is 149 Å². The molecule has 0 bridgehead atoms. The van der Waals surface area contributed by atoms with Crippen LogP contribution in [0.25, 0.3) is 0 Å². The highest BCUT2D eigenvalue weighted by molar-refractivity contribution is 5.94. The number of methoxy groups -OCH3 is 1. The first-order chi connectivity index (χ1) is 18.9. The minimum Gasteiger partial charge on any atom is -0.465 e. The lowest BCUT2D eigenvalue weighted by molar-refractivity contribution is -0.146. The van der Waals surface area contributed by atoms with Crippen LogP contribution in [-0.4, -0.2) is 56.0 Å². The van der Waals surface area contributed by atoms with Gasteiger partial charge in [0, 0.05) is 31.9 Å². The molecule has 10 nitrogen and oxygen atoms in total. The smallest absolute Gasteiger partial charge is 0.337 e. The number of ether oxygens (including phenoxy) is 3. The minimum atomic E-state index is -0.631. The van der Waals surface area contributed by atoms with Gasteiger partial charge in [-0.1, -0.05) is 24.3 Å². The van der Waals surface area contributed by atoms with Crippen LogP contribution in [0.1, 0.15) is 60.4 Å². The molecule has 0 radical (unpaired) electrons. The number of nitrogen functional groups attached to an aromatic ring is 1. The first-order valence-corrected chi connectivity index (χ1v) is 13.1. The Morgan fingerprint density at radius 3 is 2.54 bits per heavy atom. The third-order valence-electron chi connectivity index (χ3n) is 6.25. The molecule has 0 aromatic heterocycles. The number of esters is 1. The molecule has 0 saturated carbocycles. The van der Waals surface area contributed by atoms with Gasteiger partial charge in [-0.05, 0) is 61.6 Å². The van der Waals surface area contributed by atoms with E-state index in [9.17, 15) is 14.4 Å². The van der Waals surface area contributed by atoms with E-state index in [0.29, 0.717) is 68.6 Å². The first-order valence-electron chi connectivity index (χ1n) is 13.1. The van der Waals surface area contributed by atoms with Crippen LogP contribution in [-0.2, 0) is 23.8 Å². The first kappa shape index (κ1) is 29.7. The summed E-state index contributed by atoms with van der Waals surface area (Å²) < 4.78 is 16.4. The fourth-order valence-electron chi connectivity index (χ4n) is 4.09. The molecule has 1 aliphatic rings. The summed E-state index contributed by atoms with van der Waals surface area (Å²) in [6.45, 7) is 0.852. The molecule has 0 unspecified atom stereocenters. The van der Waals surface area contributed by atoms with Crippen LogP contribution < -0.4 is 16.4 Å². The van der Waals surface area contributed by atoms with E-state index in [-0.39, 0.29) is 30.1 Å². The van der Waals surface area contributed by atoms with Crippen LogP contribution >= 0.6 is 0 Å². The van der Waals surface area contributed by atoms with Gasteiger partial charge in [0.2, 0.25) is 12.2 Å². The van der Waals surface area contributed by atoms with Crippen LogP contribution in [0, 0.1) is 0 Å². The van der Waals surface area contributed by atoms with Crippen molar-refractivity contribution in [3.05, 3.63) is 71.5 Å². The van der Waals surface area contributed by atoms with Crippen molar-refractivity contribution in [3.63, 3.8) is 0 Å². The zero-order valence-electron chi connectivity index (χ0n) is 22.2. The quantitative estimate of drug-likeness (QED) is 0.162. The number of allylic oxidation sites excluding steroid dienone is 1. The van der Waals surface area contributed by atoms with Gasteiger partial charge in [-0.15, -0.1) is 0 Å². The van der Waals surface area contributed by atoms with Crippen molar-refractivity contribution in [2.24, 2.45) is 0 Å². The Bertz CT molecular complexity index is 1130. The molecule has 0 aliphatic carbocycles. The van der Waals surface area contributed by atoms with E-state index in [4.69, 9.17) is 25.1 Å². The highest BCUT2D eigenvalue weighted by Crippen LogP contribution is 2.32. The molecule has 2 aromatic carbocycles. The summed E-state index contributed by atoms with van der Waals surface area (Å²) in [6.07, 6.45) is 4.41. The van der Waals surface area contributed by atoms with Crippen LogP contribution in [0.3, 0.4) is 0 Å². The number of unbranched alkanes of at least 4 members (excludes halogenated alkanes) is 2. The fraction of sp³-hybridized carbons (Fsp3) is 0.414. The number of aliphatic hydroxyl groups excluding tert-OH is 1. The van der Waals surface area contributed by atoms with Gasteiger partial charge in [-0.3, -0.25) is 9.59 Å². The normalized spacial score (nSPS) is 16.5. The van der Waals surface area contributed by atoms with E-state index in [1.54, 1.807) is 42.5 Å². The molecule has 2 amide bonds. The highest BCUT2D eigenvalue weighted by atomic mass is 16.7. The van der Waals surface area contributed by atoms with E-state index in [1.807, 2.05) is 12.1 Å². The van der Waals surface area contributed by atoms with Crippen LogP contribution in [0.15, 0.2) is 60.4 Å². The van der Waals surface area contributed by atoms with Crippen molar-refractivity contribution in [2.45, 2.75) is 50.7 Å². The van der Waals surface area contributed by atoms with Crippen LogP contribution in [0.5, 0.6) is 0 Å². The maximum atomic E-state index is 12.9. The van der Waals surface area contributed by atoms with E-state index < -0.39 is 12.3 Å². The molecule has 10 heteroatoms. The molecule has 5 N–H and O–H groups in total. The number of anilines is 2. The van der Waals surface area contributed by atoms with Gasteiger partial charge in [0.1, 0.15) is 0 Å². The second-order valence-electron chi connectivity index (χ2n) is 9.18. The fourth-order valence-corrected chi connectivity index (χ4v) is 4.09. The Balaban J connectivity index is 1.53. The van der Waals surface area contributed by atoms with E-state index in [2.05, 4.69) is 10.6 Å². The number of carbonyl (C=O) groups excluding carboxylic acids is 3. The molecule has 0 saturated heterocycles. The number of para-hydroxylation sites is 2. The third-order valence-corrected chi connectivity index (χ3v) is 6.25. The summed E-state index contributed by atoms with van der Waals surface area (Å²) in [5.41, 5.74) is 8.29. The maximum Gasteiger partial charge on any atom is 0.337 e. The summed E-state index contributed by atoms with van der Waals surface area (Å²) in [5, 5.41) is 14.6. The predicted molar refractivity (Wildman–Crippen MR) is 147 cm³/mol. The summed E-state index contributed by atoms with van der Waals surface area (Å²) in [6, 6.07) is 14.1.